The van der Waals surface area contributed by atoms with E-state index in [0.29, 0.717) is 0 Å². The van der Waals surface area contributed by atoms with Crippen molar-refractivity contribution in [3.05, 3.63) is 42.0 Å². The van der Waals surface area contributed by atoms with Crippen molar-refractivity contribution in [2.24, 2.45) is 7.05 Å². The Balaban J connectivity index is 2.60. The summed E-state index contributed by atoms with van der Waals surface area (Å²) in [7, 11) is 1.36. The molecule has 27 heavy (non-hydrogen) atoms. The molecule has 2 rings (SSSR count). The smallest absolute Gasteiger partial charge is 0.383 e. The van der Waals surface area contributed by atoms with Gasteiger partial charge in [0.05, 0.1) is 12.3 Å². The molecule has 2 aromatic rings. The molecule has 0 saturated carbocycles. The van der Waals surface area contributed by atoms with Crippen molar-refractivity contribution in [3.63, 3.8) is 0 Å². The van der Waals surface area contributed by atoms with Gasteiger partial charge in [-0.15, -0.1) is 0 Å². The minimum Gasteiger partial charge on any atom is -0.461 e. The summed E-state index contributed by atoms with van der Waals surface area (Å²) in [6, 6.07) is 4.88. The Kier molecular flexibility index (Phi) is 5.87. The van der Waals surface area contributed by atoms with Gasteiger partial charge in [0.15, 0.2) is 5.69 Å². The molecular formula is C17H15F5N2O3. The molecule has 146 valence electrons. The molecule has 1 N–H and O–H groups in total. The molecule has 0 saturated heterocycles. The molecule has 0 unspecified atom stereocenters. The van der Waals surface area contributed by atoms with Crippen LogP contribution in [0.1, 0.15) is 17.4 Å². The molecular weight excluding hydrogens is 375 g/mol. The second kappa shape index (κ2) is 7.77. The number of esters is 1. The molecule has 1 aromatic carbocycles. The lowest BCUT2D eigenvalue weighted by Gasteiger charge is -2.16. The van der Waals surface area contributed by atoms with E-state index in [1.807, 2.05) is 0 Å². The Morgan fingerprint density at radius 3 is 2.52 bits per heavy atom. The molecule has 0 aliphatic carbocycles. The van der Waals surface area contributed by atoms with Crippen molar-refractivity contribution in [1.29, 1.82) is 0 Å². The minimum absolute atomic E-state index is 0.0153. The van der Waals surface area contributed by atoms with E-state index in [2.05, 4.69) is 0 Å². The summed E-state index contributed by atoms with van der Waals surface area (Å²) in [5, 5.41) is 1.67. The van der Waals surface area contributed by atoms with Gasteiger partial charge in [-0.2, -0.15) is 8.78 Å². The zero-order valence-electron chi connectivity index (χ0n) is 14.2. The maximum atomic E-state index is 13.5. The van der Waals surface area contributed by atoms with Gasteiger partial charge in [0.2, 0.25) is 0 Å². The van der Waals surface area contributed by atoms with Crippen LogP contribution >= 0.6 is 0 Å². The van der Waals surface area contributed by atoms with Gasteiger partial charge >= 0.3 is 24.2 Å². The molecule has 5 nitrogen and oxygen atoms in total. The van der Waals surface area contributed by atoms with Gasteiger partial charge in [-0.3, -0.25) is 4.79 Å². The van der Waals surface area contributed by atoms with E-state index in [9.17, 15) is 31.5 Å². The molecule has 0 radical (unpaired) electrons. The number of rotatable bonds is 6. The third kappa shape index (κ3) is 4.09. The molecule has 0 spiro atoms. The normalized spacial score (nSPS) is 11.6. The molecule has 0 atom stereocenters. The first-order valence-electron chi connectivity index (χ1n) is 7.69. The summed E-state index contributed by atoms with van der Waals surface area (Å²) in [5.74, 6) is -8.92. The highest BCUT2D eigenvalue weighted by Gasteiger charge is 2.49. The fraction of sp³-hybridized carbons (Fsp3) is 0.294. The third-order valence-electron chi connectivity index (χ3n) is 3.60. The number of ether oxygens (including phenoxy) is 1. The number of benzene rings is 1. The molecule has 1 heterocycles. The van der Waals surface area contributed by atoms with Crippen LogP contribution in [0, 0.1) is 5.82 Å². The third-order valence-corrected chi connectivity index (χ3v) is 3.60. The van der Waals surface area contributed by atoms with Crippen LogP contribution in [0.4, 0.5) is 27.6 Å². The van der Waals surface area contributed by atoms with Crippen LogP contribution < -0.4 is 5.32 Å². The van der Waals surface area contributed by atoms with Gasteiger partial charge in [-0.1, -0.05) is 12.1 Å². The predicted octanol–water partition coefficient (Wildman–Crippen LogP) is 3.85. The highest BCUT2D eigenvalue weighted by Crippen LogP contribution is 2.35. The van der Waals surface area contributed by atoms with Gasteiger partial charge in [-0.05, 0) is 24.6 Å². The Morgan fingerprint density at radius 2 is 1.96 bits per heavy atom. The Hall–Kier alpha value is -2.91. The standard InChI is InChI=1S/C17H15F5N2O3/c1-3-27-14(25)13-12(23-16(26)17(21,22)15(19)20)11(8-24(13)2)9-5-4-6-10(18)7-9/h4-8,15H,3H2,1-2H3,(H,23,26). The lowest BCUT2D eigenvalue weighted by atomic mass is 10.1. The number of hydrogen-bond acceptors (Lipinski definition) is 3. The van der Waals surface area contributed by atoms with E-state index in [4.69, 9.17) is 4.74 Å². The molecule has 0 bridgehead atoms. The summed E-state index contributed by atoms with van der Waals surface area (Å²) in [6.07, 6.45) is -2.98. The summed E-state index contributed by atoms with van der Waals surface area (Å²) < 4.78 is 71.2. The molecule has 0 aliphatic rings. The molecule has 0 fully saturated rings. The summed E-state index contributed by atoms with van der Waals surface area (Å²) >= 11 is 0. The fourth-order valence-electron chi connectivity index (χ4n) is 2.37. The zero-order valence-corrected chi connectivity index (χ0v) is 14.2. The van der Waals surface area contributed by atoms with Gasteiger partial charge in [0, 0.05) is 18.8 Å². The van der Waals surface area contributed by atoms with Gasteiger partial charge in [-0.25, -0.2) is 18.0 Å². The lowest BCUT2D eigenvalue weighted by Crippen LogP contribution is -2.41. The van der Waals surface area contributed by atoms with E-state index in [0.717, 1.165) is 16.7 Å². The number of anilines is 1. The second-order valence-corrected chi connectivity index (χ2v) is 5.49. The van der Waals surface area contributed by atoms with E-state index in [-0.39, 0.29) is 23.4 Å². The average Bonchev–Trinajstić information content (AvgIpc) is 2.91. The minimum atomic E-state index is -4.99. The van der Waals surface area contributed by atoms with E-state index in [1.165, 1.54) is 32.3 Å². The SMILES string of the molecule is CCOC(=O)c1c(NC(=O)C(F)(F)C(F)F)c(-c2cccc(F)c2)cn1C. The summed E-state index contributed by atoms with van der Waals surface area (Å²) in [6.45, 7) is 1.44. The number of aromatic nitrogens is 1. The lowest BCUT2D eigenvalue weighted by molar-refractivity contribution is -0.163. The highest BCUT2D eigenvalue weighted by molar-refractivity contribution is 6.07. The van der Waals surface area contributed by atoms with Crippen molar-refractivity contribution in [2.45, 2.75) is 19.3 Å². The first-order chi connectivity index (χ1) is 12.6. The van der Waals surface area contributed by atoms with Crippen LogP contribution in [-0.2, 0) is 16.6 Å². The number of carbonyl (C=O) groups is 2. The van der Waals surface area contributed by atoms with E-state index >= 15 is 0 Å². The maximum absolute atomic E-state index is 13.5. The molecule has 10 heteroatoms. The predicted molar refractivity (Wildman–Crippen MR) is 86.3 cm³/mol. The number of halogens is 5. The van der Waals surface area contributed by atoms with Crippen molar-refractivity contribution in [2.75, 3.05) is 11.9 Å². The van der Waals surface area contributed by atoms with Crippen molar-refractivity contribution in [3.8, 4) is 11.1 Å². The van der Waals surface area contributed by atoms with Gasteiger partial charge in [0.25, 0.3) is 0 Å². The second-order valence-electron chi connectivity index (χ2n) is 5.49. The molecule has 0 aliphatic heterocycles. The van der Waals surface area contributed by atoms with Crippen LogP contribution in [0.25, 0.3) is 11.1 Å². The number of carbonyl (C=O) groups excluding carboxylic acids is 2. The maximum Gasteiger partial charge on any atom is 0.383 e. The van der Waals surface area contributed by atoms with Crippen molar-refractivity contribution in [1.82, 2.24) is 4.57 Å². The fourth-order valence-corrected chi connectivity index (χ4v) is 2.37. The summed E-state index contributed by atoms with van der Waals surface area (Å²) in [5.41, 5.74) is -0.711. The Labute approximate surface area is 150 Å². The number of nitrogens with zero attached hydrogens (tertiary/aromatic N) is 1. The van der Waals surface area contributed by atoms with Crippen LogP contribution in [0.15, 0.2) is 30.5 Å². The first kappa shape index (κ1) is 20.4. The van der Waals surface area contributed by atoms with Crippen LogP contribution in [0.2, 0.25) is 0 Å². The number of amides is 1. The number of alkyl halides is 4. The number of aryl methyl sites for hydroxylation is 1. The van der Waals surface area contributed by atoms with Gasteiger partial charge < -0.3 is 14.6 Å². The van der Waals surface area contributed by atoms with E-state index < -0.39 is 35.7 Å². The first-order valence-corrected chi connectivity index (χ1v) is 7.69. The largest absolute Gasteiger partial charge is 0.461 e. The summed E-state index contributed by atoms with van der Waals surface area (Å²) in [4.78, 5) is 23.9. The monoisotopic (exact) mass is 390 g/mol. The number of nitrogens with one attached hydrogen (secondary N) is 1. The topological polar surface area (TPSA) is 60.3 Å². The van der Waals surface area contributed by atoms with Crippen LogP contribution in [0.3, 0.4) is 0 Å². The highest BCUT2D eigenvalue weighted by atomic mass is 19.3. The molecule has 1 amide bonds. The Morgan fingerprint density at radius 1 is 1.30 bits per heavy atom. The van der Waals surface area contributed by atoms with Crippen molar-refractivity contribution >= 4 is 17.6 Å². The average molecular weight is 390 g/mol. The molecule has 1 aromatic heterocycles. The van der Waals surface area contributed by atoms with Crippen LogP contribution in [-0.4, -0.2) is 35.4 Å². The number of hydrogen-bond donors (Lipinski definition) is 1. The van der Waals surface area contributed by atoms with Crippen molar-refractivity contribution < 1.29 is 36.3 Å². The van der Waals surface area contributed by atoms with E-state index in [1.54, 1.807) is 5.32 Å². The van der Waals surface area contributed by atoms with Crippen LogP contribution in [0.5, 0.6) is 0 Å². The van der Waals surface area contributed by atoms with Gasteiger partial charge in [0.1, 0.15) is 5.82 Å². The Bertz CT molecular complexity index is 864. The zero-order chi connectivity index (χ0) is 20.4. The quantitative estimate of drug-likeness (QED) is 0.602.